The predicted octanol–water partition coefficient (Wildman–Crippen LogP) is 1.98. The van der Waals surface area contributed by atoms with Gasteiger partial charge < -0.3 is 14.8 Å². The summed E-state index contributed by atoms with van der Waals surface area (Å²) in [5, 5.41) is 12.2. The second kappa shape index (κ2) is 7.17. The topological polar surface area (TPSA) is 60.7 Å². The molecule has 4 rings (SSSR count). The number of aromatic nitrogens is 3. The fourth-order valence-corrected chi connectivity index (χ4v) is 3.91. The lowest BCUT2D eigenvalue weighted by atomic mass is 9.84. The molecule has 0 radical (unpaired) electrons. The Labute approximate surface area is 142 Å². The lowest BCUT2D eigenvalue weighted by Gasteiger charge is -2.43. The molecule has 6 nitrogen and oxygen atoms in total. The van der Waals surface area contributed by atoms with Gasteiger partial charge in [-0.2, -0.15) is 0 Å². The van der Waals surface area contributed by atoms with E-state index in [-0.39, 0.29) is 5.60 Å². The standard InChI is InChI=1S/C18H26N4O2/c1-2-10-22-16(4-1)20-21-17(22)5-3-9-19-15-6-11-24-18(14-15)7-12-23-13-8-18/h1-2,4,10,15,19H,3,5-9,11-14H2/t15-/m1/s1. The highest BCUT2D eigenvalue weighted by atomic mass is 16.5. The number of ether oxygens (including phenoxy) is 2. The van der Waals surface area contributed by atoms with Gasteiger partial charge in [0.1, 0.15) is 5.82 Å². The molecular weight excluding hydrogens is 304 g/mol. The van der Waals surface area contributed by atoms with E-state index in [1.165, 1.54) is 0 Å². The Morgan fingerprint density at radius 1 is 1.21 bits per heavy atom. The maximum Gasteiger partial charge on any atom is 0.160 e. The quantitative estimate of drug-likeness (QED) is 0.850. The Hall–Kier alpha value is -1.50. The lowest BCUT2D eigenvalue weighted by Crippen LogP contribution is -2.50. The fourth-order valence-electron chi connectivity index (χ4n) is 3.91. The van der Waals surface area contributed by atoms with E-state index in [4.69, 9.17) is 9.47 Å². The van der Waals surface area contributed by atoms with Crippen LogP contribution in [0.15, 0.2) is 24.4 Å². The Kier molecular flexibility index (Phi) is 4.78. The van der Waals surface area contributed by atoms with Crippen molar-refractivity contribution in [3.05, 3.63) is 30.2 Å². The maximum absolute atomic E-state index is 6.11. The number of fused-ring (bicyclic) bond motifs is 1. The summed E-state index contributed by atoms with van der Waals surface area (Å²) in [6, 6.07) is 6.57. The van der Waals surface area contributed by atoms with Crippen LogP contribution >= 0.6 is 0 Å². The summed E-state index contributed by atoms with van der Waals surface area (Å²) in [4.78, 5) is 0. The van der Waals surface area contributed by atoms with Crippen molar-refractivity contribution in [1.29, 1.82) is 0 Å². The van der Waals surface area contributed by atoms with Crippen LogP contribution in [-0.4, -0.2) is 52.6 Å². The molecule has 2 aromatic heterocycles. The Bertz CT molecular complexity index is 660. The van der Waals surface area contributed by atoms with E-state index in [9.17, 15) is 0 Å². The zero-order valence-corrected chi connectivity index (χ0v) is 14.1. The Morgan fingerprint density at radius 3 is 3.04 bits per heavy atom. The minimum Gasteiger partial charge on any atom is -0.381 e. The molecule has 0 aromatic carbocycles. The van der Waals surface area contributed by atoms with E-state index >= 15 is 0 Å². The first kappa shape index (κ1) is 16.0. The third-order valence-corrected chi connectivity index (χ3v) is 5.29. The van der Waals surface area contributed by atoms with E-state index in [2.05, 4.69) is 19.9 Å². The smallest absolute Gasteiger partial charge is 0.160 e. The molecule has 0 amide bonds. The molecule has 0 bridgehead atoms. The van der Waals surface area contributed by atoms with Gasteiger partial charge in [-0.1, -0.05) is 6.07 Å². The van der Waals surface area contributed by atoms with Crippen molar-refractivity contribution in [2.75, 3.05) is 26.4 Å². The number of nitrogens with zero attached hydrogens (tertiary/aromatic N) is 3. The van der Waals surface area contributed by atoms with Crippen LogP contribution in [0.5, 0.6) is 0 Å². The van der Waals surface area contributed by atoms with E-state index in [1.54, 1.807) is 0 Å². The first-order valence-corrected chi connectivity index (χ1v) is 9.08. The summed E-state index contributed by atoms with van der Waals surface area (Å²) in [7, 11) is 0. The molecule has 2 saturated heterocycles. The van der Waals surface area contributed by atoms with Crippen LogP contribution in [-0.2, 0) is 15.9 Å². The van der Waals surface area contributed by atoms with Gasteiger partial charge in [-0.15, -0.1) is 10.2 Å². The largest absolute Gasteiger partial charge is 0.381 e. The molecule has 1 N–H and O–H groups in total. The first-order chi connectivity index (χ1) is 11.8. The van der Waals surface area contributed by atoms with Crippen LogP contribution in [0.1, 0.15) is 37.9 Å². The highest BCUT2D eigenvalue weighted by molar-refractivity contribution is 5.36. The molecule has 1 spiro atoms. The van der Waals surface area contributed by atoms with Crippen LogP contribution in [0.25, 0.3) is 5.65 Å². The summed E-state index contributed by atoms with van der Waals surface area (Å²) >= 11 is 0. The number of nitrogens with one attached hydrogen (secondary N) is 1. The van der Waals surface area contributed by atoms with E-state index in [0.717, 1.165) is 76.4 Å². The van der Waals surface area contributed by atoms with Crippen LogP contribution in [0.2, 0.25) is 0 Å². The van der Waals surface area contributed by atoms with E-state index in [1.807, 2.05) is 24.4 Å². The van der Waals surface area contributed by atoms with Gasteiger partial charge in [0.2, 0.25) is 0 Å². The molecule has 2 aliphatic heterocycles. The first-order valence-electron chi connectivity index (χ1n) is 9.08. The van der Waals surface area contributed by atoms with Crippen LogP contribution < -0.4 is 5.32 Å². The summed E-state index contributed by atoms with van der Waals surface area (Å²) in [5.41, 5.74) is 0.989. The summed E-state index contributed by atoms with van der Waals surface area (Å²) in [5.74, 6) is 1.04. The van der Waals surface area contributed by atoms with Gasteiger partial charge in [0, 0.05) is 38.5 Å². The number of hydrogen-bond acceptors (Lipinski definition) is 5. The monoisotopic (exact) mass is 330 g/mol. The molecular formula is C18H26N4O2. The molecule has 6 heteroatoms. The van der Waals surface area contributed by atoms with Crippen molar-refractivity contribution in [2.24, 2.45) is 0 Å². The normalized spacial score (nSPS) is 23.8. The number of aryl methyl sites for hydroxylation is 1. The molecule has 1 atom stereocenters. The minimum atomic E-state index is 0.0668. The van der Waals surface area contributed by atoms with Crippen molar-refractivity contribution in [1.82, 2.24) is 19.9 Å². The molecule has 0 saturated carbocycles. The molecule has 2 aromatic rings. The zero-order valence-electron chi connectivity index (χ0n) is 14.1. The van der Waals surface area contributed by atoms with Gasteiger partial charge in [-0.05, 0) is 50.8 Å². The second-order valence-electron chi connectivity index (χ2n) is 6.94. The molecule has 2 fully saturated rings. The van der Waals surface area contributed by atoms with Crippen molar-refractivity contribution < 1.29 is 9.47 Å². The SMILES string of the molecule is c1ccn2c(CCCN[C@@H]3CCOC4(CCOCC4)C3)nnc2c1. The molecule has 2 aliphatic rings. The lowest BCUT2D eigenvalue weighted by molar-refractivity contribution is -0.140. The van der Waals surface area contributed by atoms with Crippen LogP contribution in [0.3, 0.4) is 0 Å². The van der Waals surface area contributed by atoms with Crippen molar-refractivity contribution in [2.45, 2.75) is 50.2 Å². The van der Waals surface area contributed by atoms with Gasteiger partial charge >= 0.3 is 0 Å². The fraction of sp³-hybridized carbons (Fsp3) is 0.667. The number of hydrogen-bond donors (Lipinski definition) is 1. The predicted molar refractivity (Wildman–Crippen MR) is 91.1 cm³/mol. The third-order valence-electron chi connectivity index (χ3n) is 5.29. The van der Waals surface area contributed by atoms with Gasteiger partial charge in [0.25, 0.3) is 0 Å². The summed E-state index contributed by atoms with van der Waals surface area (Å²) in [6.45, 7) is 3.56. The molecule has 0 unspecified atom stereocenters. The second-order valence-corrected chi connectivity index (χ2v) is 6.94. The number of rotatable bonds is 5. The average Bonchev–Trinajstić information content (AvgIpc) is 3.03. The molecule has 4 heterocycles. The molecule has 130 valence electrons. The Balaban J connectivity index is 1.25. The summed E-state index contributed by atoms with van der Waals surface area (Å²) < 4.78 is 13.7. The van der Waals surface area contributed by atoms with E-state index in [0.29, 0.717) is 6.04 Å². The van der Waals surface area contributed by atoms with Gasteiger partial charge in [0.15, 0.2) is 5.65 Å². The molecule has 0 aliphatic carbocycles. The zero-order chi connectivity index (χ0) is 16.2. The minimum absolute atomic E-state index is 0.0668. The maximum atomic E-state index is 6.11. The van der Waals surface area contributed by atoms with Gasteiger partial charge in [-0.25, -0.2) is 0 Å². The highest BCUT2D eigenvalue weighted by Crippen LogP contribution is 2.34. The van der Waals surface area contributed by atoms with Crippen molar-refractivity contribution in [3.8, 4) is 0 Å². The van der Waals surface area contributed by atoms with Crippen molar-refractivity contribution >= 4 is 5.65 Å². The number of pyridine rings is 1. The van der Waals surface area contributed by atoms with Crippen LogP contribution in [0.4, 0.5) is 0 Å². The van der Waals surface area contributed by atoms with Crippen molar-refractivity contribution in [3.63, 3.8) is 0 Å². The van der Waals surface area contributed by atoms with E-state index < -0.39 is 0 Å². The molecule has 24 heavy (non-hydrogen) atoms. The summed E-state index contributed by atoms with van der Waals surface area (Å²) in [6.07, 6.45) is 8.35. The third kappa shape index (κ3) is 3.45. The Morgan fingerprint density at radius 2 is 2.12 bits per heavy atom. The average molecular weight is 330 g/mol. The van der Waals surface area contributed by atoms with Gasteiger partial charge in [0.05, 0.1) is 5.60 Å². The van der Waals surface area contributed by atoms with Gasteiger partial charge in [-0.3, -0.25) is 4.40 Å². The van der Waals surface area contributed by atoms with Crippen LogP contribution in [0, 0.1) is 0 Å². The highest BCUT2D eigenvalue weighted by Gasteiger charge is 2.38.